The summed E-state index contributed by atoms with van der Waals surface area (Å²) in [5.74, 6) is 1.20. The van der Waals surface area contributed by atoms with E-state index in [1.807, 2.05) is 91.0 Å². The molecule has 0 radical (unpaired) electrons. The highest BCUT2D eigenvalue weighted by Gasteiger charge is 2.13. The van der Waals surface area contributed by atoms with Gasteiger partial charge in [0.1, 0.15) is 6.61 Å². The zero-order chi connectivity index (χ0) is 26.9. The number of carbonyl (C=O) groups is 1. The fourth-order valence-corrected chi connectivity index (χ4v) is 4.85. The second-order valence-corrected chi connectivity index (χ2v) is 9.66. The van der Waals surface area contributed by atoms with E-state index in [-0.39, 0.29) is 11.7 Å². The number of thioether (sulfide) groups is 1. The van der Waals surface area contributed by atoms with Crippen LogP contribution in [0.5, 0.6) is 11.5 Å². The Hall–Kier alpha value is -4.56. The Morgan fingerprint density at radius 3 is 2.41 bits per heavy atom. The number of hydrogen-bond donors (Lipinski definition) is 1. The molecule has 5 rings (SSSR count). The van der Waals surface area contributed by atoms with Gasteiger partial charge >= 0.3 is 0 Å². The Morgan fingerprint density at radius 2 is 1.64 bits per heavy atom. The molecule has 0 fully saturated rings. The van der Waals surface area contributed by atoms with E-state index in [9.17, 15) is 4.79 Å². The summed E-state index contributed by atoms with van der Waals surface area (Å²) in [7, 11) is 1.59. The van der Waals surface area contributed by atoms with Crippen LogP contribution in [0, 0.1) is 0 Å². The van der Waals surface area contributed by atoms with Gasteiger partial charge in [-0.05, 0) is 47.0 Å². The third kappa shape index (κ3) is 6.86. The minimum absolute atomic E-state index is 0.186. The van der Waals surface area contributed by atoms with E-state index >= 15 is 0 Å². The fourth-order valence-electron chi connectivity index (χ4n) is 4.04. The van der Waals surface area contributed by atoms with Crippen molar-refractivity contribution in [1.29, 1.82) is 0 Å². The van der Waals surface area contributed by atoms with Gasteiger partial charge in [-0.3, -0.25) is 4.79 Å². The molecular formula is C31H28N4O3S. The van der Waals surface area contributed by atoms with Crippen LogP contribution >= 0.6 is 11.8 Å². The maximum Gasteiger partial charge on any atom is 0.250 e. The van der Waals surface area contributed by atoms with Crippen LogP contribution in [0.2, 0.25) is 0 Å². The van der Waals surface area contributed by atoms with Crippen molar-refractivity contribution in [3.05, 3.63) is 120 Å². The molecule has 196 valence electrons. The number of methoxy groups -OCH3 is 1. The predicted molar refractivity (Wildman–Crippen MR) is 156 cm³/mol. The summed E-state index contributed by atoms with van der Waals surface area (Å²) in [6.07, 6.45) is 1.58. The Morgan fingerprint density at radius 1 is 0.923 bits per heavy atom. The van der Waals surface area contributed by atoms with Crippen LogP contribution in [0.25, 0.3) is 11.0 Å². The Kier molecular flexibility index (Phi) is 8.55. The van der Waals surface area contributed by atoms with Crippen LogP contribution in [0.1, 0.15) is 16.7 Å². The zero-order valence-electron chi connectivity index (χ0n) is 21.5. The minimum atomic E-state index is -0.218. The summed E-state index contributed by atoms with van der Waals surface area (Å²) >= 11 is 1.39. The molecule has 1 amide bonds. The van der Waals surface area contributed by atoms with Gasteiger partial charge in [0.25, 0.3) is 5.91 Å². The van der Waals surface area contributed by atoms with Crippen molar-refractivity contribution < 1.29 is 14.3 Å². The van der Waals surface area contributed by atoms with Crippen LogP contribution in [-0.4, -0.2) is 34.5 Å². The number of nitrogens with zero attached hydrogens (tertiary/aromatic N) is 3. The maximum atomic E-state index is 12.6. The number of hydrazone groups is 1. The first-order valence-electron chi connectivity index (χ1n) is 12.5. The van der Waals surface area contributed by atoms with Crippen LogP contribution < -0.4 is 14.9 Å². The number of benzene rings is 4. The molecule has 4 aromatic carbocycles. The topological polar surface area (TPSA) is 77.7 Å². The van der Waals surface area contributed by atoms with E-state index in [1.54, 1.807) is 13.3 Å². The predicted octanol–water partition coefficient (Wildman–Crippen LogP) is 5.91. The Bertz CT molecular complexity index is 1570. The van der Waals surface area contributed by atoms with Gasteiger partial charge in [-0.1, -0.05) is 84.6 Å². The van der Waals surface area contributed by atoms with Crippen molar-refractivity contribution in [3.8, 4) is 11.5 Å². The molecular weight excluding hydrogens is 508 g/mol. The highest BCUT2D eigenvalue weighted by Crippen LogP contribution is 2.28. The van der Waals surface area contributed by atoms with Crippen LogP contribution in [-0.2, 0) is 17.9 Å². The molecule has 39 heavy (non-hydrogen) atoms. The summed E-state index contributed by atoms with van der Waals surface area (Å²) in [6.45, 7) is 1.12. The second kappa shape index (κ2) is 12.8. The highest BCUT2D eigenvalue weighted by atomic mass is 32.2. The van der Waals surface area contributed by atoms with Gasteiger partial charge in [-0.2, -0.15) is 5.10 Å². The fraction of sp³-hybridized carbons (Fsp3) is 0.129. The van der Waals surface area contributed by atoms with E-state index in [4.69, 9.17) is 14.5 Å². The van der Waals surface area contributed by atoms with Gasteiger partial charge in [0.05, 0.1) is 36.7 Å². The third-order valence-electron chi connectivity index (χ3n) is 5.96. The molecule has 0 bridgehead atoms. The van der Waals surface area contributed by atoms with Gasteiger partial charge in [-0.15, -0.1) is 0 Å². The summed E-state index contributed by atoms with van der Waals surface area (Å²) in [5, 5.41) is 4.91. The van der Waals surface area contributed by atoms with Crippen molar-refractivity contribution in [2.45, 2.75) is 18.3 Å². The zero-order valence-corrected chi connectivity index (χ0v) is 22.3. The normalized spacial score (nSPS) is 11.1. The number of fused-ring (bicyclic) bond motifs is 1. The summed E-state index contributed by atoms with van der Waals surface area (Å²) in [6, 6.07) is 33.7. The monoisotopic (exact) mass is 536 g/mol. The molecule has 7 nitrogen and oxygen atoms in total. The lowest BCUT2D eigenvalue weighted by atomic mass is 10.2. The first-order valence-corrected chi connectivity index (χ1v) is 13.5. The molecule has 0 aliphatic rings. The molecule has 1 aromatic heterocycles. The number of hydrogen-bond acceptors (Lipinski definition) is 6. The standard InChI is InChI=1S/C31H28N4O3S/c1-37-29-18-25(16-17-28(29)38-21-24-12-6-3-7-13-24)19-32-34-30(36)22-39-31-33-26-14-8-9-15-27(26)35(31)20-23-10-4-2-5-11-23/h2-19H,20-22H2,1H3,(H,34,36)/b32-19-. The number of nitrogens with one attached hydrogen (secondary N) is 1. The lowest BCUT2D eigenvalue weighted by Gasteiger charge is -2.11. The molecule has 0 saturated carbocycles. The van der Waals surface area contributed by atoms with Gasteiger partial charge in [0.2, 0.25) is 0 Å². The van der Waals surface area contributed by atoms with E-state index in [0.29, 0.717) is 24.7 Å². The first kappa shape index (κ1) is 26.1. The Balaban J connectivity index is 1.19. The van der Waals surface area contributed by atoms with Crippen LogP contribution in [0.3, 0.4) is 0 Å². The van der Waals surface area contributed by atoms with E-state index in [2.05, 4.69) is 27.2 Å². The Labute approximate surface area is 231 Å². The van der Waals surface area contributed by atoms with Gasteiger partial charge in [0.15, 0.2) is 16.7 Å². The highest BCUT2D eigenvalue weighted by molar-refractivity contribution is 7.99. The number of ether oxygens (including phenoxy) is 2. The summed E-state index contributed by atoms with van der Waals surface area (Å²) in [4.78, 5) is 17.3. The molecule has 0 saturated heterocycles. The molecule has 1 heterocycles. The largest absolute Gasteiger partial charge is 0.493 e. The molecule has 0 aliphatic heterocycles. The van der Waals surface area contributed by atoms with Crippen molar-refractivity contribution in [3.63, 3.8) is 0 Å². The van der Waals surface area contributed by atoms with E-state index < -0.39 is 0 Å². The van der Waals surface area contributed by atoms with Crippen LogP contribution in [0.4, 0.5) is 0 Å². The number of carbonyl (C=O) groups excluding carboxylic acids is 1. The summed E-state index contributed by atoms with van der Waals surface area (Å²) in [5.41, 5.74) is 7.56. The first-order chi connectivity index (χ1) is 19.2. The SMILES string of the molecule is COc1cc(/C=N\NC(=O)CSc2nc3ccccc3n2Cc2ccccc2)ccc1OCc1ccccc1. The molecule has 1 N–H and O–H groups in total. The molecule has 0 aliphatic carbocycles. The number of aromatic nitrogens is 2. The van der Waals surface area contributed by atoms with Gasteiger partial charge in [-0.25, -0.2) is 10.4 Å². The molecule has 0 atom stereocenters. The van der Waals surface area contributed by atoms with E-state index in [0.717, 1.165) is 27.3 Å². The maximum absolute atomic E-state index is 12.6. The average Bonchev–Trinajstić information content (AvgIpc) is 3.33. The quantitative estimate of drug-likeness (QED) is 0.129. The number of para-hydroxylation sites is 2. The van der Waals surface area contributed by atoms with Gasteiger partial charge in [0, 0.05) is 0 Å². The average molecular weight is 537 g/mol. The van der Waals surface area contributed by atoms with Gasteiger partial charge < -0.3 is 14.0 Å². The molecule has 8 heteroatoms. The van der Waals surface area contributed by atoms with Crippen molar-refractivity contribution >= 4 is 34.9 Å². The van der Waals surface area contributed by atoms with E-state index in [1.165, 1.54) is 17.3 Å². The molecule has 0 spiro atoms. The molecule has 5 aromatic rings. The lowest BCUT2D eigenvalue weighted by molar-refractivity contribution is -0.118. The summed E-state index contributed by atoms with van der Waals surface area (Å²) < 4.78 is 13.5. The number of rotatable bonds is 11. The third-order valence-corrected chi connectivity index (χ3v) is 6.94. The molecule has 0 unspecified atom stereocenters. The van der Waals surface area contributed by atoms with Crippen molar-refractivity contribution in [2.75, 3.05) is 12.9 Å². The minimum Gasteiger partial charge on any atom is -0.493 e. The van der Waals surface area contributed by atoms with Crippen LogP contribution in [0.15, 0.2) is 113 Å². The second-order valence-electron chi connectivity index (χ2n) is 8.72. The van der Waals surface area contributed by atoms with Crippen molar-refractivity contribution in [1.82, 2.24) is 15.0 Å². The number of amides is 1. The number of imidazole rings is 1. The van der Waals surface area contributed by atoms with Crippen molar-refractivity contribution in [2.24, 2.45) is 5.10 Å². The smallest absolute Gasteiger partial charge is 0.250 e. The lowest BCUT2D eigenvalue weighted by Crippen LogP contribution is -2.20.